The fourth-order valence-electron chi connectivity index (χ4n) is 12.3. The van der Waals surface area contributed by atoms with E-state index in [1.807, 2.05) is 0 Å². The Morgan fingerprint density at radius 2 is 0.908 bits per heavy atom. The van der Waals surface area contributed by atoms with E-state index in [1.165, 1.54) is 122 Å². The lowest BCUT2D eigenvalue weighted by atomic mass is 9.70. The lowest BCUT2D eigenvalue weighted by molar-refractivity contribution is 0.726. The number of nitrogens with zero attached hydrogens (tertiary/aromatic N) is 1. The maximum Gasteiger partial charge on any atom is 0.0726 e. The first-order valence-corrected chi connectivity index (χ1v) is 23.1. The van der Waals surface area contributed by atoms with Crippen LogP contribution in [-0.4, -0.2) is 4.57 Å². The Morgan fingerprint density at radius 3 is 1.57 bits per heavy atom. The van der Waals surface area contributed by atoms with Crippen LogP contribution in [0.4, 0.5) is 0 Å². The molecule has 0 saturated heterocycles. The van der Waals surface area contributed by atoms with Gasteiger partial charge >= 0.3 is 0 Å². The van der Waals surface area contributed by atoms with Crippen molar-refractivity contribution in [2.24, 2.45) is 0 Å². The van der Waals surface area contributed by atoms with Crippen LogP contribution in [0.25, 0.3) is 83.1 Å². The second-order valence-electron chi connectivity index (χ2n) is 18.2. The van der Waals surface area contributed by atoms with Gasteiger partial charge in [0.1, 0.15) is 0 Å². The summed E-state index contributed by atoms with van der Waals surface area (Å²) in [6.45, 7) is 0. The number of rotatable bonds is 4. The van der Waals surface area contributed by atoms with Gasteiger partial charge in [-0.2, -0.15) is 0 Å². The normalized spacial score (nSPS) is 14.9. The molecule has 0 aliphatic heterocycles. The molecule has 1 nitrogen and oxygen atoms in total. The second kappa shape index (κ2) is 14.0. The highest BCUT2D eigenvalue weighted by molar-refractivity contribution is 6.13. The smallest absolute Gasteiger partial charge is 0.0726 e. The van der Waals surface area contributed by atoms with Gasteiger partial charge in [-0.25, -0.2) is 0 Å². The molecular weight excluding hydrogens is 783 g/mol. The molecule has 14 rings (SSSR count). The third-order valence-electron chi connectivity index (χ3n) is 15.1. The number of hydrogen-bond donors (Lipinski definition) is 0. The minimum absolute atomic E-state index is 0.281. The van der Waals surface area contributed by atoms with Crippen molar-refractivity contribution >= 4 is 21.8 Å². The van der Waals surface area contributed by atoms with Crippen molar-refractivity contribution in [2.45, 2.75) is 24.2 Å². The quantitative estimate of drug-likeness (QED) is 0.167. The number of fused-ring (bicyclic) bond motifs is 16. The molecule has 1 heteroatoms. The third kappa shape index (κ3) is 5.21. The molecule has 0 bridgehead atoms. The van der Waals surface area contributed by atoms with E-state index < -0.39 is 5.41 Å². The predicted molar refractivity (Wildman–Crippen MR) is 270 cm³/mol. The molecule has 1 atom stereocenters. The fraction of sp³-hybridized carbons (Fsp3) is 0.0625. The van der Waals surface area contributed by atoms with Crippen LogP contribution in [0.3, 0.4) is 0 Å². The summed E-state index contributed by atoms with van der Waals surface area (Å²) in [4.78, 5) is 0. The van der Waals surface area contributed by atoms with Gasteiger partial charge < -0.3 is 4.57 Å². The van der Waals surface area contributed by atoms with E-state index in [0.29, 0.717) is 0 Å². The Balaban J connectivity index is 1.08. The first kappa shape index (κ1) is 36.5. The van der Waals surface area contributed by atoms with Crippen LogP contribution in [-0.2, 0) is 11.8 Å². The highest BCUT2D eigenvalue weighted by atomic mass is 15.0. The summed E-state index contributed by atoms with van der Waals surface area (Å²) < 4.78 is 2.58. The van der Waals surface area contributed by atoms with Gasteiger partial charge in [-0.1, -0.05) is 188 Å². The fourth-order valence-corrected chi connectivity index (χ4v) is 12.3. The van der Waals surface area contributed by atoms with Gasteiger partial charge in [-0.15, -0.1) is 0 Å². The number of aromatic nitrogens is 1. The third-order valence-corrected chi connectivity index (χ3v) is 15.1. The summed E-state index contributed by atoms with van der Waals surface area (Å²) in [6.07, 6.45) is 2.08. The Morgan fingerprint density at radius 1 is 0.354 bits per heavy atom. The van der Waals surface area contributed by atoms with Crippen LogP contribution in [0.5, 0.6) is 0 Å². The van der Waals surface area contributed by atoms with E-state index in [9.17, 15) is 0 Å². The summed E-state index contributed by atoms with van der Waals surface area (Å²) in [5, 5.41) is 2.53. The van der Waals surface area contributed by atoms with Crippen molar-refractivity contribution in [3.8, 4) is 61.3 Å². The largest absolute Gasteiger partial charge is 0.309 e. The zero-order valence-corrected chi connectivity index (χ0v) is 35.9. The van der Waals surface area contributed by atoms with Crippen LogP contribution in [0, 0.1) is 0 Å². The molecule has 0 N–H and O–H groups in total. The molecule has 1 heterocycles. The van der Waals surface area contributed by atoms with Gasteiger partial charge in [0.2, 0.25) is 0 Å². The van der Waals surface area contributed by atoms with Crippen molar-refractivity contribution in [1.82, 2.24) is 4.57 Å². The molecule has 1 unspecified atom stereocenters. The lowest BCUT2D eigenvalue weighted by Crippen LogP contribution is -2.25. The Hall–Kier alpha value is -8.00. The first-order chi connectivity index (χ1) is 32.2. The van der Waals surface area contributed by atoms with E-state index in [2.05, 4.69) is 235 Å². The Bertz CT molecular complexity index is 3660. The average Bonchev–Trinajstić information content (AvgIpc) is 3.92. The van der Waals surface area contributed by atoms with E-state index in [0.717, 1.165) is 12.8 Å². The highest BCUT2D eigenvalue weighted by Gasteiger charge is 2.51. The summed E-state index contributed by atoms with van der Waals surface area (Å²) in [7, 11) is 0. The van der Waals surface area contributed by atoms with E-state index in [-0.39, 0.29) is 5.92 Å². The van der Waals surface area contributed by atoms with Gasteiger partial charge in [0.25, 0.3) is 0 Å². The van der Waals surface area contributed by atoms with Crippen molar-refractivity contribution in [1.29, 1.82) is 0 Å². The van der Waals surface area contributed by atoms with E-state index in [4.69, 9.17) is 0 Å². The maximum absolute atomic E-state index is 2.58. The zero-order valence-electron chi connectivity index (χ0n) is 35.9. The topological polar surface area (TPSA) is 4.93 Å². The molecule has 0 radical (unpaired) electrons. The van der Waals surface area contributed by atoms with Gasteiger partial charge in [-0.05, 0) is 150 Å². The average molecular weight is 826 g/mol. The van der Waals surface area contributed by atoms with Crippen molar-refractivity contribution in [3.63, 3.8) is 0 Å². The van der Waals surface area contributed by atoms with Crippen LogP contribution in [0.2, 0.25) is 0 Å². The minimum Gasteiger partial charge on any atom is -0.309 e. The standard InChI is InChI=1S/C64H43N/c1-4-16-41(17-5-1)45-29-28-44-30-33-48(43-20-8-3-9-21-43)49-34-32-47(38-54(49)53(44)36-45)65-62-35-31-46(42-18-6-2-7-19-42)37-56(62)57-39-55-52-24-12-15-27-60(52)64(61(55)40-63(57)65)58-25-13-10-22-50(58)51-23-11-14-26-59(51)64/h1-29,31-32,34-40,48H,30,33H2. The summed E-state index contributed by atoms with van der Waals surface area (Å²) >= 11 is 0. The summed E-state index contributed by atoms with van der Waals surface area (Å²) in [5.41, 5.74) is 25.7. The van der Waals surface area contributed by atoms with Crippen LogP contribution in [0.1, 0.15) is 51.3 Å². The van der Waals surface area contributed by atoms with Crippen LogP contribution < -0.4 is 0 Å². The number of benzene rings is 10. The highest BCUT2D eigenvalue weighted by Crippen LogP contribution is 2.63. The number of hydrogen-bond acceptors (Lipinski definition) is 0. The summed E-state index contributed by atoms with van der Waals surface area (Å²) in [5.74, 6) is 0.281. The van der Waals surface area contributed by atoms with Crippen molar-refractivity contribution in [2.75, 3.05) is 0 Å². The van der Waals surface area contributed by atoms with Gasteiger partial charge in [0.15, 0.2) is 0 Å². The van der Waals surface area contributed by atoms with Gasteiger partial charge in [0, 0.05) is 22.4 Å². The van der Waals surface area contributed by atoms with Crippen molar-refractivity contribution < 1.29 is 0 Å². The van der Waals surface area contributed by atoms with Gasteiger partial charge in [-0.3, -0.25) is 0 Å². The van der Waals surface area contributed by atoms with Crippen molar-refractivity contribution in [3.05, 3.63) is 269 Å². The van der Waals surface area contributed by atoms with Gasteiger partial charge in [0.05, 0.1) is 16.4 Å². The Labute approximate surface area is 379 Å². The van der Waals surface area contributed by atoms with Crippen LogP contribution >= 0.6 is 0 Å². The lowest BCUT2D eigenvalue weighted by Gasteiger charge is -2.30. The molecule has 1 aromatic heterocycles. The molecule has 0 fully saturated rings. The molecule has 11 aromatic rings. The first-order valence-electron chi connectivity index (χ1n) is 23.1. The Kier molecular flexibility index (Phi) is 7.86. The zero-order chi connectivity index (χ0) is 42.6. The molecule has 1 spiro atoms. The minimum atomic E-state index is -0.437. The van der Waals surface area contributed by atoms with E-state index in [1.54, 1.807) is 0 Å². The monoisotopic (exact) mass is 825 g/mol. The molecule has 10 aromatic carbocycles. The van der Waals surface area contributed by atoms with Crippen LogP contribution in [0.15, 0.2) is 231 Å². The predicted octanol–water partition coefficient (Wildman–Crippen LogP) is 16.2. The molecule has 3 aliphatic rings. The maximum atomic E-state index is 2.58. The second-order valence-corrected chi connectivity index (χ2v) is 18.2. The summed E-state index contributed by atoms with van der Waals surface area (Å²) in [6, 6.07) is 87.1. The SMILES string of the molecule is c1ccc(-c2ccc3c(c2)-c2cc(-n4c5ccc(-c6ccccc6)cc5c5cc6c(cc54)C4(c5ccccc5-c5ccccc54)c4ccccc4-6)ccc2C(c2ccccc2)CC3)cc1. The molecule has 65 heavy (non-hydrogen) atoms. The molecule has 304 valence electrons. The molecular formula is C64H43N. The molecule has 0 saturated carbocycles. The number of aryl methyl sites for hydroxylation is 1. The van der Waals surface area contributed by atoms with E-state index >= 15 is 0 Å². The molecule has 3 aliphatic carbocycles. The molecule has 0 amide bonds.